The fourth-order valence-corrected chi connectivity index (χ4v) is 1.69. The predicted octanol–water partition coefficient (Wildman–Crippen LogP) is 0.542. The molecule has 54 valence electrons. The van der Waals surface area contributed by atoms with E-state index in [-0.39, 0.29) is 12.1 Å². The summed E-state index contributed by atoms with van der Waals surface area (Å²) in [5.41, 5.74) is 5.66. The molecular formula is C6H8N2OS. The SMILES string of the molecule is NC1COC1c1nccs1. The molecule has 2 N–H and O–H groups in total. The molecule has 4 heteroatoms. The molecular weight excluding hydrogens is 148 g/mol. The molecule has 0 spiro atoms. The molecule has 10 heavy (non-hydrogen) atoms. The van der Waals surface area contributed by atoms with E-state index in [9.17, 15) is 0 Å². The highest BCUT2D eigenvalue weighted by Gasteiger charge is 2.31. The smallest absolute Gasteiger partial charge is 0.126 e. The summed E-state index contributed by atoms with van der Waals surface area (Å²) in [7, 11) is 0. The van der Waals surface area contributed by atoms with E-state index in [4.69, 9.17) is 10.5 Å². The summed E-state index contributed by atoms with van der Waals surface area (Å²) in [6.45, 7) is 0.671. The Balaban J connectivity index is 2.14. The van der Waals surface area contributed by atoms with Crippen molar-refractivity contribution in [1.29, 1.82) is 0 Å². The van der Waals surface area contributed by atoms with Gasteiger partial charge in [-0.3, -0.25) is 0 Å². The van der Waals surface area contributed by atoms with Crippen LogP contribution in [0, 0.1) is 0 Å². The van der Waals surface area contributed by atoms with Gasteiger partial charge in [0.25, 0.3) is 0 Å². The summed E-state index contributed by atoms with van der Waals surface area (Å²) < 4.78 is 5.21. The van der Waals surface area contributed by atoms with E-state index >= 15 is 0 Å². The highest BCUT2D eigenvalue weighted by atomic mass is 32.1. The molecule has 0 aliphatic carbocycles. The molecule has 2 unspecified atom stereocenters. The molecule has 1 saturated heterocycles. The van der Waals surface area contributed by atoms with Gasteiger partial charge in [0.2, 0.25) is 0 Å². The Kier molecular flexibility index (Phi) is 1.44. The zero-order valence-corrected chi connectivity index (χ0v) is 6.17. The Bertz CT molecular complexity index is 212. The van der Waals surface area contributed by atoms with E-state index in [1.807, 2.05) is 5.38 Å². The summed E-state index contributed by atoms with van der Waals surface area (Å²) in [6, 6.07) is 0.158. The fraction of sp³-hybridized carbons (Fsp3) is 0.500. The number of thiazole rings is 1. The van der Waals surface area contributed by atoms with Crippen molar-refractivity contribution in [1.82, 2.24) is 4.98 Å². The lowest BCUT2D eigenvalue weighted by Gasteiger charge is -2.31. The van der Waals surface area contributed by atoms with Crippen molar-refractivity contribution in [3.8, 4) is 0 Å². The van der Waals surface area contributed by atoms with Crippen LogP contribution in [-0.4, -0.2) is 17.6 Å². The Morgan fingerprint density at radius 3 is 3.10 bits per heavy atom. The van der Waals surface area contributed by atoms with E-state index in [1.54, 1.807) is 17.5 Å². The highest BCUT2D eigenvalue weighted by Crippen LogP contribution is 2.29. The lowest BCUT2D eigenvalue weighted by Crippen LogP contribution is -2.44. The molecule has 2 atom stereocenters. The summed E-state index contributed by atoms with van der Waals surface area (Å²) in [6.07, 6.45) is 1.84. The summed E-state index contributed by atoms with van der Waals surface area (Å²) in [4.78, 5) is 4.10. The van der Waals surface area contributed by atoms with Crippen molar-refractivity contribution in [2.45, 2.75) is 12.1 Å². The Labute approximate surface area is 62.8 Å². The predicted molar refractivity (Wildman–Crippen MR) is 38.8 cm³/mol. The summed E-state index contributed by atoms with van der Waals surface area (Å²) in [5.74, 6) is 0. The number of aromatic nitrogens is 1. The molecule has 2 heterocycles. The van der Waals surface area contributed by atoms with Gasteiger partial charge in [0.15, 0.2) is 0 Å². The molecule has 1 aromatic heterocycles. The van der Waals surface area contributed by atoms with Crippen LogP contribution in [0.4, 0.5) is 0 Å². The van der Waals surface area contributed by atoms with E-state index in [2.05, 4.69) is 4.98 Å². The molecule has 2 rings (SSSR count). The minimum absolute atomic E-state index is 0.0694. The van der Waals surface area contributed by atoms with E-state index in [0.717, 1.165) is 5.01 Å². The molecule has 0 amide bonds. The van der Waals surface area contributed by atoms with Crippen LogP contribution in [0.25, 0.3) is 0 Å². The van der Waals surface area contributed by atoms with Gasteiger partial charge in [-0.1, -0.05) is 0 Å². The van der Waals surface area contributed by atoms with Crippen LogP contribution >= 0.6 is 11.3 Å². The van der Waals surface area contributed by atoms with Crippen LogP contribution in [0.5, 0.6) is 0 Å². The second-order valence-electron chi connectivity index (χ2n) is 2.29. The van der Waals surface area contributed by atoms with Crippen molar-refractivity contribution in [3.63, 3.8) is 0 Å². The first kappa shape index (κ1) is 6.27. The Morgan fingerprint density at radius 1 is 1.80 bits per heavy atom. The molecule has 1 aromatic rings. The second kappa shape index (κ2) is 2.30. The lowest BCUT2D eigenvalue weighted by atomic mass is 10.1. The largest absolute Gasteiger partial charge is 0.368 e. The first-order valence-corrected chi connectivity index (χ1v) is 4.02. The average molecular weight is 156 g/mol. The van der Waals surface area contributed by atoms with Crippen molar-refractivity contribution in [2.75, 3.05) is 6.61 Å². The van der Waals surface area contributed by atoms with Gasteiger partial charge in [-0.15, -0.1) is 11.3 Å². The summed E-state index contributed by atoms with van der Waals surface area (Å²) in [5, 5.41) is 2.93. The molecule has 1 fully saturated rings. The van der Waals surface area contributed by atoms with Gasteiger partial charge in [0.05, 0.1) is 12.6 Å². The third-order valence-electron chi connectivity index (χ3n) is 1.55. The average Bonchev–Trinajstić information content (AvgIpc) is 2.37. The maximum atomic E-state index is 5.66. The monoisotopic (exact) mass is 156 g/mol. The molecule has 0 aromatic carbocycles. The van der Waals surface area contributed by atoms with Crippen LogP contribution in [-0.2, 0) is 4.74 Å². The number of nitrogens with zero attached hydrogens (tertiary/aromatic N) is 1. The van der Waals surface area contributed by atoms with E-state index in [0.29, 0.717) is 6.61 Å². The number of rotatable bonds is 1. The quantitative estimate of drug-likeness (QED) is 0.645. The Morgan fingerprint density at radius 2 is 2.70 bits per heavy atom. The standard InChI is InChI=1S/C6H8N2OS/c7-4-3-9-5(4)6-8-1-2-10-6/h1-2,4-5H,3,7H2. The Hall–Kier alpha value is -0.450. The molecule has 0 radical (unpaired) electrons. The van der Waals surface area contributed by atoms with Crippen LogP contribution in [0.1, 0.15) is 11.1 Å². The first-order valence-electron chi connectivity index (χ1n) is 3.14. The minimum Gasteiger partial charge on any atom is -0.368 e. The molecule has 1 aliphatic heterocycles. The fourth-order valence-electron chi connectivity index (χ4n) is 0.933. The number of ether oxygens (including phenoxy) is 1. The van der Waals surface area contributed by atoms with Gasteiger partial charge in [0, 0.05) is 11.6 Å². The number of nitrogens with two attached hydrogens (primary N) is 1. The lowest BCUT2D eigenvalue weighted by molar-refractivity contribution is -0.0752. The maximum absolute atomic E-state index is 5.66. The number of hydrogen-bond donors (Lipinski definition) is 1. The molecule has 0 saturated carbocycles. The zero-order chi connectivity index (χ0) is 6.97. The second-order valence-corrected chi connectivity index (χ2v) is 3.21. The first-order chi connectivity index (χ1) is 4.88. The zero-order valence-electron chi connectivity index (χ0n) is 5.36. The van der Waals surface area contributed by atoms with Crippen molar-refractivity contribution >= 4 is 11.3 Å². The maximum Gasteiger partial charge on any atom is 0.126 e. The minimum atomic E-state index is 0.0694. The normalized spacial score (nSPS) is 31.7. The van der Waals surface area contributed by atoms with Crippen LogP contribution in [0.15, 0.2) is 11.6 Å². The van der Waals surface area contributed by atoms with Gasteiger partial charge in [0.1, 0.15) is 11.1 Å². The third kappa shape index (κ3) is 0.847. The molecule has 3 nitrogen and oxygen atoms in total. The van der Waals surface area contributed by atoms with Gasteiger partial charge in [-0.25, -0.2) is 4.98 Å². The van der Waals surface area contributed by atoms with Crippen LogP contribution in [0.2, 0.25) is 0 Å². The molecule has 1 aliphatic rings. The van der Waals surface area contributed by atoms with Gasteiger partial charge in [-0.2, -0.15) is 0 Å². The topological polar surface area (TPSA) is 48.1 Å². The van der Waals surface area contributed by atoms with Crippen molar-refractivity contribution in [3.05, 3.63) is 16.6 Å². The van der Waals surface area contributed by atoms with Crippen molar-refractivity contribution < 1.29 is 4.74 Å². The van der Waals surface area contributed by atoms with Gasteiger partial charge >= 0.3 is 0 Å². The molecule has 0 bridgehead atoms. The van der Waals surface area contributed by atoms with E-state index in [1.165, 1.54) is 0 Å². The third-order valence-corrected chi connectivity index (χ3v) is 2.39. The van der Waals surface area contributed by atoms with Crippen LogP contribution < -0.4 is 5.73 Å². The van der Waals surface area contributed by atoms with Crippen LogP contribution in [0.3, 0.4) is 0 Å². The van der Waals surface area contributed by atoms with Gasteiger partial charge < -0.3 is 10.5 Å². The van der Waals surface area contributed by atoms with E-state index < -0.39 is 0 Å². The summed E-state index contributed by atoms with van der Waals surface area (Å²) >= 11 is 1.59. The van der Waals surface area contributed by atoms with Gasteiger partial charge in [-0.05, 0) is 0 Å². The highest BCUT2D eigenvalue weighted by molar-refractivity contribution is 7.09. The van der Waals surface area contributed by atoms with Crippen molar-refractivity contribution in [2.24, 2.45) is 5.73 Å². The number of hydrogen-bond acceptors (Lipinski definition) is 4.